The number of nitrogens with one attached hydrogen (secondary N) is 2. The quantitative estimate of drug-likeness (QED) is 0.664. The number of carbonyl (C=O) groups excluding carboxylic acids is 1. The number of H-pyrrole nitrogens is 1. The number of amides is 1. The zero-order valence-corrected chi connectivity index (χ0v) is 7.95. The third kappa shape index (κ3) is 1.22. The summed E-state index contributed by atoms with van der Waals surface area (Å²) in [7, 11) is 0. The fourth-order valence-corrected chi connectivity index (χ4v) is 1.80. The summed E-state index contributed by atoms with van der Waals surface area (Å²) in [6.07, 6.45) is 1.74. The number of fused-ring (bicyclic) bond motifs is 3. The Hall–Kier alpha value is -2.10. The molecule has 0 radical (unpaired) electrons. The molecule has 0 atom stereocenters. The van der Waals surface area contributed by atoms with Crippen molar-refractivity contribution in [3.8, 4) is 0 Å². The second-order valence-corrected chi connectivity index (χ2v) is 3.48. The topological polar surface area (TPSA) is 57.2 Å². The predicted octanol–water partition coefficient (Wildman–Crippen LogP) is 1.54. The van der Waals surface area contributed by atoms with Gasteiger partial charge in [-0.05, 0) is 6.07 Å². The first kappa shape index (κ1) is 8.23. The van der Waals surface area contributed by atoms with E-state index in [1.54, 1.807) is 6.21 Å². The maximum Gasteiger partial charge on any atom is 0.247 e. The summed E-state index contributed by atoms with van der Waals surface area (Å²) >= 11 is 0. The lowest BCUT2D eigenvalue weighted by Crippen LogP contribution is -2.13. The highest BCUT2D eigenvalue weighted by molar-refractivity contribution is 6.10. The van der Waals surface area contributed by atoms with E-state index in [0.717, 1.165) is 22.3 Å². The number of rotatable bonds is 0. The number of anilines is 1. The SMILES string of the molecule is O=C1CN=Cc2c([nH]c3ccccc23)N1. The van der Waals surface area contributed by atoms with Gasteiger partial charge in [0.05, 0.1) is 0 Å². The van der Waals surface area contributed by atoms with Gasteiger partial charge in [-0.15, -0.1) is 0 Å². The molecule has 1 aromatic heterocycles. The van der Waals surface area contributed by atoms with Gasteiger partial charge in [-0.3, -0.25) is 9.79 Å². The van der Waals surface area contributed by atoms with Gasteiger partial charge in [-0.2, -0.15) is 0 Å². The summed E-state index contributed by atoms with van der Waals surface area (Å²) in [5.41, 5.74) is 1.97. The molecule has 0 spiro atoms. The van der Waals surface area contributed by atoms with Gasteiger partial charge in [0.2, 0.25) is 5.91 Å². The Morgan fingerprint density at radius 1 is 1.27 bits per heavy atom. The van der Waals surface area contributed by atoms with Gasteiger partial charge in [0.25, 0.3) is 0 Å². The summed E-state index contributed by atoms with van der Waals surface area (Å²) in [5, 5.41) is 3.87. The van der Waals surface area contributed by atoms with Crippen LogP contribution in [0.15, 0.2) is 29.3 Å². The number of para-hydroxylation sites is 1. The lowest BCUT2D eigenvalue weighted by molar-refractivity contribution is -0.114. The van der Waals surface area contributed by atoms with Crippen LogP contribution in [0.4, 0.5) is 5.82 Å². The van der Waals surface area contributed by atoms with Crippen molar-refractivity contribution in [2.45, 2.75) is 0 Å². The first-order valence-corrected chi connectivity index (χ1v) is 4.75. The van der Waals surface area contributed by atoms with Crippen molar-refractivity contribution in [1.82, 2.24) is 4.98 Å². The highest BCUT2D eigenvalue weighted by Gasteiger charge is 2.14. The predicted molar refractivity (Wildman–Crippen MR) is 59.4 cm³/mol. The van der Waals surface area contributed by atoms with E-state index in [4.69, 9.17) is 0 Å². The molecular weight excluding hydrogens is 190 g/mol. The third-order valence-corrected chi connectivity index (χ3v) is 2.47. The molecule has 0 bridgehead atoms. The van der Waals surface area contributed by atoms with Gasteiger partial charge in [-0.25, -0.2) is 0 Å². The van der Waals surface area contributed by atoms with Gasteiger partial charge >= 0.3 is 0 Å². The van der Waals surface area contributed by atoms with E-state index in [9.17, 15) is 4.79 Å². The normalized spacial score (nSPS) is 14.8. The highest BCUT2D eigenvalue weighted by atomic mass is 16.1. The summed E-state index contributed by atoms with van der Waals surface area (Å²) in [4.78, 5) is 18.5. The first-order chi connectivity index (χ1) is 7.34. The van der Waals surface area contributed by atoms with Gasteiger partial charge in [-0.1, -0.05) is 18.2 Å². The fraction of sp³-hybridized carbons (Fsp3) is 0.0909. The number of nitrogens with zero attached hydrogens (tertiary/aromatic N) is 1. The van der Waals surface area contributed by atoms with E-state index in [2.05, 4.69) is 15.3 Å². The minimum atomic E-state index is -0.0865. The van der Waals surface area contributed by atoms with Crippen molar-refractivity contribution in [2.24, 2.45) is 4.99 Å². The van der Waals surface area contributed by atoms with Crippen LogP contribution in [0.1, 0.15) is 5.56 Å². The van der Waals surface area contributed by atoms with Crippen LogP contribution in [-0.2, 0) is 4.79 Å². The minimum absolute atomic E-state index is 0.0865. The van der Waals surface area contributed by atoms with Crippen molar-refractivity contribution in [1.29, 1.82) is 0 Å². The molecule has 0 saturated carbocycles. The smallest absolute Gasteiger partial charge is 0.247 e. The van der Waals surface area contributed by atoms with Crippen LogP contribution in [0, 0.1) is 0 Å². The number of carbonyl (C=O) groups is 1. The van der Waals surface area contributed by atoms with E-state index >= 15 is 0 Å². The van der Waals surface area contributed by atoms with Crippen LogP contribution in [-0.4, -0.2) is 23.7 Å². The molecule has 74 valence electrons. The monoisotopic (exact) mass is 199 g/mol. The van der Waals surface area contributed by atoms with Gasteiger partial charge in [0.1, 0.15) is 12.4 Å². The van der Waals surface area contributed by atoms with Gasteiger partial charge in [0.15, 0.2) is 0 Å². The standard InChI is InChI=1S/C11H9N3O/c15-10-6-12-5-8-7-3-1-2-4-9(7)13-11(8)14-10/h1-5,13H,6H2,(H,14,15). The van der Waals surface area contributed by atoms with Crippen LogP contribution >= 0.6 is 0 Å². The average molecular weight is 199 g/mol. The second-order valence-electron chi connectivity index (χ2n) is 3.48. The summed E-state index contributed by atoms with van der Waals surface area (Å²) < 4.78 is 0. The Labute approximate surface area is 86.0 Å². The van der Waals surface area contributed by atoms with Crippen LogP contribution in [0.3, 0.4) is 0 Å². The third-order valence-electron chi connectivity index (χ3n) is 2.47. The van der Waals surface area contributed by atoms with Gasteiger partial charge < -0.3 is 10.3 Å². The molecule has 1 aromatic carbocycles. The maximum absolute atomic E-state index is 11.3. The van der Waals surface area contributed by atoms with Crippen molar-refractivity contribution < 1.29 is 4.79 Å². The highest BCUT2D eigenvalue weighted by Crippen LogP contribution is 2.25. The Morgan fingerprint density at radius 2 is 2.13 bits per heavy atom. The zero-order chi connectivity index (χ0) is 10.3. The zero-order valence-electron chi connectivity index (χ0n) is 7.95. The van der Waals surface area contributed by atoms with Crippen molar-refractivity contribution in [3.05, 3.63) is 29.8 Å². The lowest BCUT2D eigenvalue weighted by atomic mass is 10.2. The van der Waals surface area contributed by atoms with E-state index in [1.807, 2.05) is 24.3 Å². The fourth-order valence-electron chi connectivity index (χ4n) is 1.80. The molecule has 0 fully saturated rings. The number of benzene rings is 1. The Morgan fingerprint density at radius 3 is 3.07 bits per heavy atom. The lowest BCUT2D eigenvalue weighted by Gasteiger charge is -1.97. The number of aliphatic imine (C=N–C) groups is 1. The Kier molecular flexibility index (Phi) is 1.62. The van der Waals surface area contributed by atoms with Crippen molar-refractivity contribution >= 4 is 28.8 Å². The molecule has 0 aliphatic carbocycles. The number of aromatic nitrogens is 1. The minimum Gasteiger partial charge on any atom is -0.341 e. The van der Waals surface area contributed by atoms with Crippen molar-refractivity contribution in [3.63, 3.8) is 0 Å². The van der Waals surface area contributed by atoms with E-state index in [0.29, 0.717) is 0 Å². The van der Waals surface area contributed by atoms with E-state index in [1.165, 1.54) is 0 Å². The Balaban J connectivity index is 2.31. The molecule has 1 amide bonds. The average Bonchev–Trinajstić information content (AvgIpc) is 2.46. The second kappa shape index (κ2) is 2.95. The van der Waals surface area contributed by atoms with E-state index in [-0.39, 0.29) is 12.5 Å². The Bertz CT molecular complexity index is 568. The summed E-state index contributed by atoms with van der Waals surface area (Å²) in [6, 6.07) is 7.91. The molecule has 4 nitrogen and oxygen atoms in total. The molecule has 3 rings (SSSR count). The van der Waals surface area contributed by atoms with Crippen LogP contribution < -0.4 is 5.32 Å². The largest absolute Gasteiger partial charge is 0.341 e. The molecule has 1 aliphatic heterocycles. The molecule has 0 unspecified atom stereocenters. The molecule has 2 N–H and O–H groups in total. The molecule has 2 heterocycles. The molecule has 0 saturated heterocycles. The number of hydrogen-bond acceptors (Lipinski definition) is 2. The maximum atomic E-state index is 11.3. The molecule has 4 heteroatoms. The molecule has 2 aromatic rings. The summed E-state index contributed by atoms with van der Waals surface area (Å²) in [6.45, 7) is 0.191. The number of hydrogen-bond donors (Lipinski definition) is 2. The molecule has 1 aliphatic rings. The van der Waals surface area contributed by atoms with Crippen LogP contribution in [0.5, 0.6) is 0 Å². The van der Waals surface area contributed by atoms with Crippen LogP contribution in [0.25, 0.3) is 10.9 Å². The first-order valence-electron chi connectivity index (χ1n) is 4.75. The molecular formula is C11H9N3O. The van der Waals surface area contributed by atoms with Crippen LogP contribution in [0.2, 0.25) is 0 Å². The molecule has 15 heavy (non-hydrogen) atoms. The van der Waals surface area contributed by atoms with Crippen molar-refractivity contribution in [2.75, 3.05) is 11.9 Å². The summed E-state index contributed by atoms with van der Waals surface area (Å²) in [5.74, 6) is 0.652. The van der Waals surface area contributed by atoms with E-state index < -0.39 is 0 Å². The van der Waals surface area contributed by atoms with Gasteiger partial charge in [0, 0.05) is 22.7 Å². The number of aromatic amines is 1.